The molecule has 0 saturated carbocycles. The Morgan fingerprint density at radius 1 is 1.12 bits per heavy atom. The van der Waals surface area contributed by atoms with Crippen LogP contribution >= 0.6 is 12.2 Å². The number of nitrogens with zero attached hydrogens (tertiary/aromatic N) is 1. The van der Waals surface area contributed by atoms with Crippen molar-refractivity contribution in [3.05, 3.63) is 48.0 Å². The lowest BCUT2D eigenvalue weighted by Crippen LogP contribution is -2.36. The minimum atomic E-state index is 0.271. The van der Waals surface area contributed by atoms with Gasteiger partial charge in [0.1, 0.15) is 0 Å². The Morgan fingerprint density at radius 3 is 2.64 bits per heavy atom. The molecular formula is C19H23N3O2S. The molecule has 1 aliphatic heterocycles. The molecule has 2 aromatic rings. The summed E-state index contributed by atoms with van der Waals surface area (Å²) in [7, 11) is 0. The lowest BCUT2D eigenvalue weighted by molar-refractivity contribution is 0.174. The third kappa shape index (κ3) is 4.54. The fourth-order valence-electron chi connectivity index (χ4n) is 2.68. The van der Waals surface area contributed by atoms with Crippen molar-refractivity contribution in [2.24, 2.45) is 0 Å². The molecule has 0 radical (unpaired) electrons. The number of rotatable bonds is 6. The molecule has 3 rings (SSSR count). The van der Waals surface area contributed by atoms with E-state index >= 15 is 0 Å². The number of thiocarbonyl (C=S) groups is 1. The zero-order chi connectivity index (χ0) is 17.6. The summed E-state index contributed by atoms with van der Waals surface area (Å²) in [5, 5.41) is 7.02. The van der Waals surface area contributed by atoms with Crippen molar-refractivity contribution in [3.8, 4) is 11.5 Å². The van der Waals surface area contributed by atoms with E-state index in [1.54, 1.807) is 0 Å². The molecule has 0 aromatic heterocycles. The summed E-state index contributed by atoms with van der Waals surface area (Å²) in [5.41, 5.74) is 3.38. The highest BCUT2D eigenvalue weighted by Gasteiger charge is 2.13. The Balaban J connectivity index is 1.47. The van der Waals surface area contributed by atoms with E-state index in [1.165, 1.54) is 11.3 Å². The quantitative estimate of drug-likeness (QED) is 0.771. The van der Waals surface area contributed by atoms with Crippen LogP contribution in [0.4, 0.5) is 11.4 Å². The fourth-order valence-corrected chi connectivity index (χ4v) is 2.90. The second kappa shape index (κ2) is 8.07. The average Bonchev–Trinajstić information content (AvgIpc) is 3.07. The molecule has 1 aliphatic rings. The van der Waals surface area contributed by atoms with E-state index in [4.69, 9.17) is 21.7 Å². The molecule has 2 N–H and O–H groups in total. The van der Waals surface area contributed by atoms with Crippen LogP contribution < -0.4 is 25.0 Å². The van der Waals surface area contributed by atoms with Crippen molar-refractivity contribution in [1.82, 2.24) is 5.32 Å². The predicted molar refractivity (Wildman–Crippen MR) is 106 cm³/mol. The number of fused-ring (bicyclic) bond motifs is 1. The largest absolute Gasteiger partial charge is 0.454 e. The Bertz CT molecular complexity index is 734. The molecule has 6 heteroatoms. The second-order valence-corrected chi connectivity index (χ2v) is 6.27. The van der Waals surface area contributed by atoms with Crippen LogP contribution in [0.15, 0.2) is 42.5 Å². The third-order valence-corrected chi connectivity index (χ3v) is 4.32. The van der Waals surface area contributed by atoms with E-state index in [-0.39, 0.29) is 6.79 Å². The van der Waals surface area contributed by atoms with Gasteiger partial charge in [0.15, 0.2) is 16.6 Å². The molecule has 0 unspecified atom stereocenters. The maximum Gasteiger partial charge on any atom is 0.231 e. The van der Waals surface area contributed by atoms with Crippen LogP contribution in [0.3, 0.4) is 0 Å². The Hall–Kier alpha value is -2.47. The number of likely N-dealkylation sites (N-methyl/N-ethyl adjacent to an activating group) is 1. The maximum absolute atomic E-state index is 5.37. The average molecular weight is 357 g/mol. The van der Waals surface area contributed by atoms with E-state index < -0.39 is 0 Å². The van der Waals surface area contributed by atoms with Crippen LogP contribution in [0.1, 0.15) is 12.5 Å². The van der Waals surface area contributed by atoms with Gasteiger partial charge >= 0.3 is 0 Å². The van der Waals surface area contributed by atoms with E-state index in [9.17, 15) is 0 Å². The van der Waals surface area contributed by atoms with Gasteiger partial charge in [-0.25, -0.2) is 0 Å². The van der Waals surface area contributed by atoms with Gasteiger partial charge in [-0.15, -0.1) is 0 Å². The number of aryl methyl sites for hydroxylation is 1. The number of hydrogen-bond acceptors (Lipinski definition) is 4. The van der Waals surface area contributed by atoms with Gasteiger partial charge in [-0.05, 0) is 50.3 Å². The Labute approximate surface area is 153 Å². The first-order valence-electron chi connectivity index (χ1n) is 8.42. The molecule has 0 fully saturated rings. The minimum Gasteiger partial charge on any atom is -0.454 e. The summed E-state index contributed by atoms with van der Waals surface area (Å²) >= 11 is 5.37. The van der Waals surface area contributed by atoms with Crippen molar-refractivity contribution in [3.63, 3.8) is 0 Å². The summed E-state index contributed by atoms with van der Waals surface area (Å²) in [6, 6.07) is 14.3. The van der Waals surface area contributed by atoms with E-state index in [0.29, 0.717) is 5.11 Å². The molecular weight excluding hydrogens is 334 g/mol. The van der Waals surface area contributed by atoms with Gasteiger partial charge < -0.3 is 25.0 Å². The molecule has 0 spiro atoms. The Kier molecular flexibility index (Phi) is 5.60. The smallest absolute Gasteiger partial charge is 0.231 e. The lowest BCUT2D eigenvalue weighted by Gasteiger charge is -2.24. The van der Waals surface area contributed by atoms with Crippen LogP contribution in [0.5, 0.6) is 11.5 Å². The number of nitrogens with one attached hydrogen (secondary N) is 2. The zero-order valence-electron chi connectivity index (χ0n) is 14.5. The normalized spacial score (nSPS) is 11.9. The highest BCUT2D eigenvalue weighted by molar-refractivity contribution is 7.80. The van der Waals surface area contributed by atoms with Gasteiger partial charge in [0.2, 0.25) is 6.79 Å². The van der Waals surface area contributed by atoms with E-state index in [1.807, 2.05) is 18.2 Å². The molecule has 5 nitrogen and oxygen atoms in total. The predicted octanol–water partition coefficient (Wildman–Crippen LogP) is 3.54. The lowest BCUT2D eigenvalue weighted by atomic mass is 10.2. The van der Waals surface area contributed by atoms with Gasteiger partial charge in [-0.1, -0.05) is 17.7 Å². The van der Waals surface area contributed by atoms with Crippen molar-refractivity contribution in [2.75, 3.05) is 36.6 Å². The number of hydrogen-bond donors (Lipinski definition) is 2. The summed E-state index contributed by atoms with van der Waals surface area (Å²) in [6.07, 6.45) is 0. The van der Waals surface area contributed by atoms with Crippen molar-refractivity contribution < 1.29 is 9.47 Å². The summed E-state index contributed by atoms with van der Waals surface area (Å²) < 4.78 is 10.7. The monoisotopic (exact) mass is 357 g/mol. The highest BCUT2D eigenvalue weighted by Crippen LogP contribution is 2.34. The van der Waals surface area contributed by atoms with Crippen LogP contribution in [-0.4, -0.2) is 31.5 Å². The summed E-state index contributed by atoms with van der Waals surface area (Å²) in [4.78, 5) is 2.32. The molecule has 0 saturated heterocycles. The highest BCUT2D eigenvalue weighted by atomic mass is 32.1. The SMILES string of the molecule is CCN(CCNC(=S)Nc1ccc2c(c1)OCO2)c1ccc(C)cc1. The third-order valence-electron chi connectivity index (χ3n) is 4.08. The van der Waals surface area contributed by atoms with Gasteiger partial charge in [-0.2, -0.15) is 0 Å². The number of ether oxygens (including phenoxy) is 2. The first-order chi connectivity index (χ1) is 12.2. The van der Waals surface area contributed by atoms with Crippen molar-refractivity contribution in [2.45, 2.75) is 13.8 Å². The van der Waals surface area contributed by atoms with Crippen LogP contribution in [-0.2, 0) is 0 Å². The number of benzene rings is 2. The first kappa shape index (κ1) is 17.4. The number of anilines is 2. The van der Waals surface area contributed by atoms with Crippen LogP contribution in [0, 0.1) is 6.92 Å². The molecule has 0 bridgehead atoms. The molecule has 1 heterocycles. The topological polar surface area (TPSA) is 45.8 Å². The van der Waals surface area contributed by atoms with Gasteiger partial charge in [-0.3, -0.25) is 0 Å². The zero-order valence-corrected chi connectivity index (χ0v) is 15.4. The standard InChI is InChI=1S/C19H23N3O2S/c1-3-22(16-7-4-14(2)5-8-16)11-10-20-19(25)21-15-6-9-17-18(12-15)24-13-23-17/h4-9,12H,3,10-11,13H2,1-2H3,(H2,20,21,25). The van der Waals surface area contributed by atoms with Gasteiger partial charge in [0, 0.05) is 37.1 Å². The molecule has 0 amide bonds. The molecule has 132 valence electrons. The van der Waals surface area contributed by atoms with Crippen LogP contribution in [0.25, 0.3) is 0 Å². The van der Waals surface area contributed by atoms with Crippen molar-refractivity contribution >= 4 is 28.7 Å². The molecule has 0 aliphatic carbocycles. The van der Waals surface area contributed by atoms with E-state index in [0.717, 1.165) is 36.8 Å². The maximum atomic E-state index is 5.37. The Morgan fingerprint density at radius 2 is 1.88 bits per heavy atom. The molecule has 25 heavy (non-hydrogen) atoms. The first-order valence-corrected chi connectivity index (χ1v) is 8.82. The molecule has 2 aromatic carbocycles. The van der Waals surface area contributed by atoms with E-state index in [2.05, 4.69) is 53.6 Å². The van der Waals surface area contributed by atoms with Crippen molar-refractivity contribution in [1.29, 1.82) is 0 Å². The van der Waals surface area contributed by atoms with Crippen LogP contribution in [0.2, 0.25) is 0 Å². The summed E-state index contributed by atoms with van der Waals surface area (Å²) in [5.74, 6) is 1.51. The van der Waals surface area contributed by atoms with Gasteiger partial charge in [0.05, 0.1) is 0 Å². The fraction of sp³-hybridized carbons (Fsp3) is 0.316. The second-order valence-electron chi connectivity index (χ2n) is 5.86. The summed E-state index contributed by atoms with van der Waals surface area (Å²) in [6.45, 7) is 7.12. The molecule has 0 atom stereocenters. The van der Waals surface area contributed by atoms with Gasteiger partial charge in [0.25, 0.3) is 0 Å². The minimum absolute atomic E-state index is 0.271.